The molecule has 0 atom stereocenters. The summed E-state index contributed by atoms with van der Waals surface area (Å²) >= 11 is 1.73. The highest BCUT2D eigenvalue weighted by atomic mass is 32.1. The lowest BCUT2D eigenvalue weighted by Crippen LogP contribution is -1.94. The number of benzene rings is 5. The molecule has 0 aliphatic heterocycles. The van der Waals surface area contributed by atoms with E-state index in [1.807, 2.05) is 6.20 Å². The largest absolute Gasteiger partial charge is 0.309 e. The molecular formula is C33H21N3S. The molecule has 0 saturated heterocycles. The van der Waals surface area contributed by atoms with Crippen molar-refractivity contribution in [2.75, 3.05) is 0 Å². The van der Waals surface area contributed by atoms with Crippen LogP contribution in [-0.2, 0) is 0 Å². The third kappa shape index (κ3) is 3.03. The van der Waals surface area contributed by atoms with Crippen molar-refractivity contribution in [3.63, 3.8) is 0 Å². The van der Waals surface area contributed by atoms with E-state index in [2.05, 4.69) is 130 Å². The van der Waals surface area contributed by atoms with Gasteiger partial charge in [0.15, 0.2) is 5.13 Å². The highest BCUT2D eigenvalue weighted by Gasteiger charge is 2.19. The molecule has 0 amide bonds. The molecule has 8 aromatic rings. The Balaban J connectivity index is 1.48. The van der Waals surface area contributed by atoms with E-state index in [1.54, 1.807) is 11.3 Å². The summed E-state index contributed by atoms with van der Waals surface area (Å²) in [7, 11) is 0. The quantitative estimate of drug-likeness (QED) is 0.242. The van der Waals surface area contributed by atoms with Gasteiger partial charge in [-0.05, 0) is 42.0 Å². The fraction of sp³-hybridized carbons (Fsp3) is 0. The highest BCUT2D eigenvalue weighted by Crippen LogP contribution is 2.40. The number of hydrogen-bond donors (Lipinski definition) is 0. The van der Waals surface area contributed by atoms with Crippen LogP contribution in [0.3, 0.4) is 0 Å². The molecule has 0 unspecified atom stereocenters. The molecule has 37 heavy (non-hydrogen) atoms. The zero-order valence-electron chi connectivity index (χ0n) is 19.9. The van der Waals surface area contributed by atoms with Crippen LogP contribution in [0.1, 0.15) is 0 Å². The maximum Gasteiger partial charge on any atom is 0.195 e. The topological polar surface area (TPSA) is 22.8 Å². The normalized spacial score (nSPS) is 11.8. The van der Waals surface area contributed by atoms with Gasteiger partial charge >= 0.3 is 0 Å². The molecule has 0 N–H and O–H groups in total. The van der Waals surface area contributed by atoms with Crippen LogP contribution in [0, 0.1) is 0 Å². The molecule has 0 spiro atoms. The van der Waals surface area contributed by atoms with Crippen LogP contribution in [0.4, 0.5) is 0 Å². The molecular weight excluding hydrogens is 470 g/mol. The first-order valence-electron chi connectivity index (χ1n) is 12.4. The van der Waals surface area contributed by atoms with Gasteiger partial charge in [-0.25, -0.2) is 4.98 Å². The Labute approximate surface area is 217 Å². The van der Waals surface area contributed by atoms with Crippen molar-refractivity contribution < 1.29 is 0 Å². The van der Waals surface area contributed by atoms with E-state index in [0.29, 0.717) is 0 Å². The summed E-state index contributed by atoms with van der Waals surface area (Å²) in [4.78, 5) is 6.08. The molecule has 3 nitrogen and oxygen atoms in total. The Hall–Kier alpha value is -4.67. The average Bonchev–Trinajstić information content (AvgIpc) is 3.65. The number of para-hydroxylation sites is 3. The lowest BCUT2D eigenvalue weighted by atomic mass is 10.1. The number of thiazole rings is 1. The summed E-state index contributed by atoms with van der Waals surface area (Å²) in [5.74, 6) is 0. The molecule has 4 heteroatoms. The molecule has 0 aliphatic rings. The molecule has 3 aromatic heterocycles. The van der Waals surface area contributed by atoms with Gasteiger partial charge in [-0.1, -0.05) is 96.3 Å². The third-order valence-electron chi connectivity index (χ3n) is 7.22. The van der Waals surface area contributed by atoms with Crippen molar-refractivity contribution in [3.05, 3.63) is 128 Å². The molecule has 0 bridgehead atoms. The first-order valence-corrected chi connectivity index (χ1v) is 13.2. The first kappa shape index (κ1) is 20.5. The Morgan fingerprint density at radius 3 is 1.70 bits per heavy atom. The molecule has 3 heterocycles. The molecule has 5 aromatic carbocycles. The van der Waals surface area contributed by atoms with Crippen LogP contribution >= 0.6 is 11.3 Å². The van der Waals surface area contributed by atoms with Gasteiger partial charge in [-0.15, -0.1) is 0 Å². The van der Waals surface area contributed by atoms with E-state index in [4.69, 9.17) is 4.98 Å². The minimum atomic E-state index is 0.983. The van der Waals surface area contributed by atoms with Crippen molar-refractivity contribution in [3.8, 4) is 21.3 Å². The van der Waals surface area contributed by atoms with E-state index in [0.717, 1.165) is 5.13 Å². The second-order valence-electron chi connectivity index (χ2n) is 9.30. The van der Waals surface area contributed by atoms with Crippen molar-refractivity contribution in [2.24, 2.45) is 0 Å². The number of aromatic nitrogens is 3. The zero-order valence-corrected chi connectivity index (χ0v) is 20.7. The van der Waals surface area contributed by atoms with Crippen LogP contribution in [0.25, 0.3) is 64.9 Å². The van der Waals surface area contributed by atoms with Gasteiger partial charge in [0.1, 0.15) is 0 Å². The lowest BCUT2D eigenvalue weighted by molar-refractivity contribution is 1.13. The van der Waals surface area contributed by atoms with Gasteiger partial charge in [-0.3, -0.25) is 4.57 Å². The summed E-state index contributed by atoms with van der Waals surface area (Å²) in [6.07, 6.45) is 2.00. The van der Waals surface area contributed by atoms with Gasteiger partial charge in [0, 0.05) is 33.4 Å². The lowest BCUT2D eigenvalue weighted by Gasteiger charge is -2.08. The minimum absolute atomic E-state index is 0.983. The monoisotopic (exact) mass is 491 g/mol. The Morgan fingerprint density at radius 2 is 1.03 bits per heavy atom. The maximum atomic E-state index is 4.91. The Kier molecular flexibility index (Phi) is 4.39. The Morgan fingerprint density at radius 1 is 0.486 bits per heavy atom. The van der Waals surface area contributed by atoms with Crippen LogP contribution in [0.5, 0.6) is 0 Å². The van der Waals surface area contributed by atoms with Crippen LogP contribution in [-0.4, -0.2) is 14.1 Å². The highest BCUT2D eigenvalue weighted by molar-refractivity contribution is 7.17. The standard InChI is InChI=1S/C33H21N3S/c1-3-11-22(12-4-1)32-21-34-33(37-32)36-29-18-10-8-16-25(29)27-19-30-26(20-31(27)36)24-15-7-9-17-28(24)35(30)23-13-5-2-6-14-23/h1-21H. The van der Waals surface area contributed by atoms with Crippen LogP contribution < -0.4 is 0 Å². The first-order chi connectivity index (χ1) is 18.4. The summed E-state index contributed by atoms with van der Waals surface area (Å²) in [6, 6.07) is 43.2. The van der Waals surface area contributed by atoms with Gasteiger partial charge in [0.25, 0.3) is 0 Å². The van der Waals surface area contributed by atoms with Gasteiger partial charge in [0.2, 0.25) is 0 Å². The predicted molar refractivity (Wildman–Crippen MR) is 156 cm³/mol. The number of fused-ring (bicyclic) bond motifs is 6. The molecule has 0 saturated carbocycles. The van der Waals surface area contributed by atoms with E-state index >= 15 is 0 Å². The van der Waals surface area contributed by atoms with E-state index in [-0.39, 0.29) is 0 Å². The fourth-order valence-electron chi connectivity index (χ4n) is 5.60. The molecule has 0 radical (unpaired) electrons. The molecule has 174 valence electrons. The second kappa shape index (κ2) is 7.92. The fourth-order valence-corrected chi connectivity index (χ4v) is 6.55. The van der Waals surface area contributed by atoms with E-state index < -0.39 is 0 Å². The summed E-state index contributed by atoms with van der Waals surface area (Å²) in [6.45, 7) is 0. The van der Waals surface area contributed by atoms with E-state index in [1.165, 1.54) is 59.7 Å². The number of nitrogens with zero attached hydrogens (tertiary/aromatic N) is 3. The van der Waals surface area contributed by atoms with Crippen LogP contribution in [0.15, 0.2) is 128 Å². The molecule has 8 rings (SSSR count). The summed E-state index contributed by atoms with van der Waals surface area (Å²) in [5, 5.41) is 5.96. The van der Waals surface area contributed by atoms with Crippen molar-refractivity contribution >= 4 is 54.9 Å². The zero-order chi connectivity index (χ0) is 24.3. The third-order valence-corrected chi connectivity index (χ3v) is 8.26. The second-order valence-corrected chi connectivity index (χ2v) is 10.3. The van der Waals surface area contributed by atoms with Crippen molar-refractivity contribution in [1.29, 1.82) is 0 Å². The minimum Gasteiger partial charge on any atom is -0.309 e. The van der Waals surface area contributed by atoms with Crippen LogP contribution in [0.2, 0.25) is 0 Å². The maximum absolute atomic E-state index is 4.91. The average molecular weight is 492 g/mol. The SMILES string of the molecule is c1ccc(-c2cnc(-n3c4ccccc4c4cc5c(cc43)c3ccccc3n5-c3ccccc3)s2)cc1. The summed E-state index contributed by atoms with van der Waals surface area (Å²) < 4.78 is 4.71. The summed E-state index contributed by atoms with van der Waals surface area (Å²) in [5.41, 5.74) is 7.15. The van der Waals surface area contributed by atoms with E-state index in [9.17, 15) is 0 Å². The smallest absolute Gasteiger partial charge is 0.195 e. The van der Waals surface area contributed by atoms with Gasteiger partial charge in [0.05, 0.1) is 26.9 Å². The predicted octanol–water partition coefficient (Wildman–Crippen LogP) is 9.00. The molecule has 0 fully saturated rings. The number of hydrogen-bond acceptors (Lipinski definition) is 2. The Bertz CT molecular complexity index is 2080. The number of rotatable bonds is 3. The van der Waals surface area contributed by atoms with Gasteiger partial charge in [-0.2, -0.15) is 0 Å². The van der Waals surface area contributed by atoms with Gasteiger partial charge < -0.3 is 4.57 Å². The van der Waals surface area contributed by atoms with Crippen molar-refractivity contribution in [1.82, 2.24) is 14.1 Å². The molecule has 0 aliphatic carbocycles. The van der Waals surface area contributed by atoms with Crippen molar-refractivity contribution in [2.45, 2.75) is 0 Å².